The van der Waals surface area contributed by atoms with Gasteiger partial charge in [-0.1, -0.05) is 41.9 Å². The Kier molecular flexibility index (Phi) is 6.70. The quantitative estimate of drug-likeness (QED) is 0.327. The Labute approximate surface area is 205 Å². The average Bonchev–Trinajstić information content (AvgIpc) is 2.79. The molecule has 0 unspecified atom stereocenters. The maximum Gasteiger partial charge on any atom is 0.416 e. The molecule has 0 fully saturated rings. The molecular weight excluding hydrogens is 506 g/mol. The van der Waals surface area contributed by atoms with Gasteiger partial charge in [0.15, 0.2) is 0 Å². The maximum absolute atomic E-state index is 14.1. The molecule has 1 aliphatic rings. The summed E-state index contributed by atoms with van der Waals surface area (Å²) in [5.41, 5.74) is 0.302. The zero-order chi connectivity index (χ0) is 25.5. The Balaban J connectivity index is 1.80. The fourth-order valence-corrected chi connectivity index (χ4v) is 5.96. The molecule has 184 valence electrons. The summed E-state index contributed by atoms with van der Waals surface area (Å²) in [6.07, 6.45) is -2.63. The van der Waals surface area contributed by atoms with Crippen LogP contribution in [0.5, 0.6) is 0 Å². The van der Waals surface area contributed by atoms with Crippen molar-refractivity contribution in [1.29, 1.82) is 0 Å². The van der Waals surface area contributed by atoms with E-state index in [0.29, 0.717) is 17.2 Å². The number of nitrogens with zero attached hydrogens (tertiary/aromatic N) is 1. The van der Waals surface area contributed by atoms with Crippen molar-refractivity contribution >= 4 is 39.5 Å². The number of hydrogen-bond donors (Lipinski definition) is 1. The molecule has 4 nitrogen and oxygen atoms in total. The predicted molar refractivity (Wildman–Crippen MR) is 127 cm³/mol. The van der Waals surface area contributed by atoms with Gasteiger partial charge in [0.05, 0.1) is 33.3 Å². The first kappa shape index (κ1) is 25.2. The molecule has 10 heteroatoms. The van der Waals surface area contributed by atoms with Crippen LogP contribution in [0.3, 0.4) is 0 Å². The molecule has 3 aromatic rings. The third-order valence-corrected chi connectivity index (χ3v) is 8.09. The molecule has 0 radical (unpaired) electrons. The first-order valence-electron chi connectivity index (χ1n) is 10.5. The van der Waals surface area contributed by atoms with Gasteiger partial charge in [-0.3, -0.25) is 4.31 Å². The smallest absolute Gasteiger partial charge is 0.391 e. The third kappa shape index (κ3) is 4.94. The van der Waals surface area contributed by atoms with Crippen molar-refractivity contribution < 1.29 is 31.1 Å². The van der Waals surface area contributed by atoms with Gasteiger partial charge in [-0.05, 0) is 60.5 Å². The molecule has 0 aliphatic carbocycles. The van der Waals surface area contributed by atoms with Gasteiger partial charge in [-0.25, -0.2) is 12.8 Å². The fraction of sp³-hybridized carbons (Fsp3) is 0.200. The number of anilines is 1. The molecule has 1 aliphatic heterocycles. The van der Waals surface area contributed by atoms with Gasteiger partial charge in [0, 0.05) is 12.0 Å². The van der Waals surface area contributed by atoms with Crippen molar-refractivity contribution in [1.82, 2.24) is 0 Å². The highest BCUT2D eigenvalue weighted by molar-refractivity contribution is 7.92. The van der Waals surface area contributed by atoms with Crippen LogP contribution >= 0.6 is 11.6 Å². The van der Waals surface area contributed by atoms with Crippen LogP contribution in [0.15, 0.2) is 65.6 Å². The summed E-state index contributed by atoms with van der Waals surface area (Å²) in [6.45, 7) is 1.49. The number of benzene rings is 3. The Morgan fingerprint density at radius 3 is 2.46 bits per heavy atom. The summed E-state index contributed by atoms with van der Waals surface area (Å²) in [7, 11) is -4.47. The number of aliphatic hydroxyl groups is 1. The summed E-state index contributed by atoms with van der Waals surface area (Å²) in [6, 6.07) is 11.6. The lowest BCUT2D eigenvalue weighted by molar-refractivity contribution is -0.137. The number of rotatable bonds is 4. The van der Waals surface area contributed by atoms with Gasteiger partial charge >= 0.3 is 6.18 Å². The van der Waals surface area contributed by atoms with E-state index in [1.807, 2.05) is 0 Å². The number of aliphatic hydroxyl groups excluding tert-OH is 1. The standard InChI is InChI=1S/C25H20ClF4NO3S/c1-15-24(32)13-17-10-8-16(9-11-20-21(26)6-3-7-22(20)27)12-23(17)31(15)35(33,34)19-5-2-4-18(14-19)25(28,29)30/h2-12,14-15,24,32H,13H2,1H3/t15-,24+/m1/s1. The van der Waals surface area contributed by atoms with Crippen LogP contribution in [-0.2, 0) is 22.6 Å². The molecule has 0 amide bonds. The molecule has 0 spiro atoms. The molecule has 0 saturated carbocycles. The second kappa shape index (κ2) is 9.29. The fourth-order valence-electron chi connectivity index (χ4n) is 3.98. The average molecular weight is 526 g/mol. The third-order valence-electron chi connectivity index (χ3n) is 5.86. The molecule has 0 saturated heterocycles. The van der Waals surface area contributed by atoms with Gasteiger partial charge in [-0.2, -0.15) is 13.2 Å². The van der Waals surface area contributed by atoms with Crippen molar-refractivity contribution in [3.63, 3.8) is 0 Å². The largest absolute Gasteiger partial charge is 0.416 e. The summed E-state index contributed by atoms with van der Waals surface area (Å²) in [4.78, 5) is -0.543. The highest BCUT2D eigenvalue weighted by atomic mass is 35.5. The lowest BCUT2D eigenvalue weighted by Gasteiger charge is -2.39. The number of alkyl halides is 3. The van der Waals surface area contributed by atoms with Crippen molar-refractivity contribution in [2.24, 2.45) is 0 Å². The summed E-state index contributed by atoms with van der Waals surface area (Å²) >= 11 is 6.06. The van der Waals surface area contributed by atoms with E-state index in [9.17, 15) is 31.1 Å². The minimum absolute atomic E-state index is 0.157. The van der Waals surface area contributed by atoms with E-state index in [4.69, 9.17) is 11.6 Å². The van der Waals surface area contributed by atoms with Crippen molar-refractivity contribution in [3.8, 4) is 0 Å². The van der Waals surface area contributed by atoms with E-state index in [-0.39, 0.29) is 22.7 Å². The Bertz CT molecular complexity index is 1390. The SMILES string of the molecule is C[C@@H]1[C@@H](O)Cc2ccc(C=Cc3c(F)cccc3Cl)cc2N1S(=O)(=O)c1cccc(C(F)(F)F)c1. The second-order valence-electron chi connectivity index (χ2n) is 8.20. The molecule has 0 bridgehead atoms. The van der Waals surface area contributed by atoms with E-state index in [1.165, 1.54) is 37.3 Å². The summed E-state index contributed by atoms with van der Waals surface area (Å²) in [5, 5.41) is 10.7. The summed E-state index contributed by atoms with van der Waals surface area (Å²) < 4.78 is 81.8. The van der Waals surface area contributed by atoms with Crippen LogP contribution in [0.4, 0.5) is 23.2 Å². The van der Waals surface area contributed by atoms with Crippen LogP contribution in [0.2, 0.25) is 5.02 Å². The van der Waals surface area contributed by atoms with Crippen molar-refractivity contribution in [2.45, 2.75) is 36.6 Å². The number of sulfonamides is 1. The lowest BCUT2D eigenvalue weighted by Crippen LogP contribution is -2.49. The minimum Gasteiger partial charge on any atom is -0.391 e. The van der Waals surface area contributed by atoms with E-state index in [2.05, 4.69) is 0 Å². The van der Waals surface area contributed by atoms with Crippen LogP contribution in [0.25, 0.3) is 12.2 Å². The van der Waals surface area contributed by atoms with Crippen molar-refractivity contribution in [2.75, 3.05) is 4.31 Å². The van der Waals surface area contributed by atoms with Gasteiger partial charge in [0.25, 0.3) is 10.0 Å². The van der Waals surface area contributed by atoms with Crippen LogP contribution in [-0.4, -0.2) is 25.7 Å². The van der Waals surface area contributed by atoms with Crippen LogP contribution in [0.1, 0.15) is 29.2 Å². The molecule has 3 aromatic carbocycles. The molecule has 0 aromatic heterocycles. The number of halogens is 5. The van der Waals surface area contributed by atoms with Gasteiger partial charge in [0.1, 0.15) is 5.82 Å². The summed E-state index contributed by atoms with van der Waals surface area (Å²) in [5.74, 6) is -0.530. The molecule has 35 heavy (non-hydrogen) atoms. The van der Waals surface area contributed by atoms with Crippen LogP contribution < -0.4 is 4.31 Å². The number of fused-ring (bicyclic) bond motifs is 1. The van der Waals surface area contributed by atoms with E-state index >= 15 is 0 Å². The Hall–Kier alpha value is -2.88. The zero-order valence-electron chi connectivity index (χ0n) is 18.3. The number of hydrogen-bond acceptors (Lipinski definition) is 3. The molecule has 4 rings (SSSR count). The van der Waals surface area contributed by atoms with E-state index in [1.54, 1.807) is 18.2 Å². The second-order valence-corrected chi connectivity index (χ2v) is 10.4. The zero-order valence-corrected chi connectivity index (χ0v) is 19.9. The van der Waals surface area contributed by atoms with Gasteiger partial charge in [0.2, 0.25) is 0 Å². The molecule has 1 heterocycles. The molecular formula is C25H20ClF4NO3S. The highest BCUT2D eigenvalue weighted by Crippen LogP contribution is 2.38. The van der Waals surface area contributed by atoms with E-state index in [0.717, 1.165) is 22.5 Å². The van der Waals surface area contributed by atoms with Gasteiger partial charge < -0.3 is 5.11 Å². The Morgan fingerprint density at radius 2 is 1.77 bits per heavy atom. The normalized spacial score (nSPS) is 18.7. The topological polar surface area (TPSA) is 57.6 Å². The first-order valence-corrected chi connectivity index (χ1v) is 12.4. The van der Waals surface area contributed by atoms with E-state index < -0.39 is 44.6 Å². The lowest BCUT2D eigenvalue weighted by atomic mass is 9.95. The molecule has 2 atom stereocenters. The maximum atomic E-state index is 14.1. The minimum atomic E-state index is -4.72. The van der Waals surface area contributed by atoms with Crippen LogP contribution in [0, 0.1) is 5.82 Å². The van der Waals surface area contributed by atoms with Crippen molar-refractivity contribution in [3.05, 3.63) is 93.8 Å². The monoisotopic (exact) mass is 525 g/mol. The highest BCUT2D eigenvalue weighted by Gasteiger charge is 2.39. The molecule has 1 N–H and O–H groups in total. The predicted octanol–water partition coefficient (Wildman–Crippen LogP) is 6.17. The van der Waals surface area contributed by atoms with Gasteiger partial charge in [-0.15, -0.1) is 0 Å². The first-order chi connectivity index (χ1) is 16.4. The Morgan fingerprint density at radius 1 is 1.06 bits per heavy atom.